The van der Waals surface area contributed by atoms with E-state index in [1.807, 2.05) is 6.92 Å². The number of fused-ring (bicyclic) bond motifs is 3. The first-order valence-corrected chi connectivity index (χ1v) is 10.8. The van der Waals surface area contributed by atoms with Crippen molar-refractivity contribution in [2.24, 2.45) is 11.8 Å². The lowest BCUT2D eigenvalue weighted by atomic mass is 9.68. The predicted octanol–water partition coefficient (Wildman–Crippen LogP) is 5.12. The van der Waals surface area contributed by atoms with E-state index in [0.717, 1.165) is 18.6 Å². The normalized spacial score (nSPS) is 27.4. The molecule has 3 nitrogen and oxygen atoms in total. The van der Waals surface area contributed by atoms with Crippen molar-refractivity contribution < 1.29 is 21.9 Å². The minimum absolute atomic E-state index is 0.00311. The molecule has 1 aliphatic carbocycles. The third-order valence-electron chi connectivity index (χ3n) is 5.99. The summed E-state index contributed by atoms with van der Waals surface area (Å²) in [5.74, 6) is -2.23. The maximum absolute atomic E-state index is 15.0. The molecule has 0 bridgehead atoms. The summed E-state index contributed by atoms with van der Waals surface area (Å²) in [6, 6.07) is 7.80. The molecule has 0 N–H and O–H groups in total. The highest BCUT2D eigenvalue weighted by atomic mass is 35.5. The average molecular weight is 413 g/mol. The quantitative estimate of drug-likeness (QED) is 0.687. The van der Waals surface area contributed by atoms with Gasteiger partial charge in [0.1, 0.15) is 10.6 Å². The standard InChI is InChI=1S/C20H19ClF2O3S/c1-12-3-2-10-20(27(24,25)14-6-4-13(21)5-7-14)15(12)11-26-19-17(23)9-8-16(22)18(19)20/h4-9,12,15H,2-3,10-11H2,1H3/t12-,15?,20+/m1/s1. The molecule has 1 saturated carbocycles. The van der Waals surface area contributed by atoms with Gasteiger partial charge in [-0.3, -0.25) is 0 Å². The average Bonchev–Trinajstić information content (AvgIpc) is 2.64. The van der Waals surface area contributed by atoms with E-state index in [0.29, 0.717) is 11.4 Å². The second kappa shape index (κ2) is 6.45. The zero-order valence-corrected chi connectivity index (χ0v) is 16.3. The van der Waals surface area contributed by atoms with Crippen LogP contribution in [0.3, 0.4) is 0 Å². The van der Waals surface area contributed by atoms with E-state index in [4.69, 9.17) is 16.3 Å². The Hall–Kier alpha value is -1.66. The molecule has 27 heavy (non-hydrogen) atoms. The van der Waals surface area contributed by atoms with Crippen molar-refractivity contribution in [2.75, 3.05) is 6.61 Å². The van der Waals surface area contributed by atoms with Crippen LogP contribution >= 0.6 is 11.6 Å². The molecule has 1 heterocycles. The van der Waals surface area contributed by atoms with Crippen molar-refractivity contribution in [3.8, 4) is 5.75 Å². The van der Waals surface area contributed by atoms with Crippen molar-refractivity contribution in [2.45, 2.75) is 35.8 Å². The molecule has 1 aliphatic heterocycles. The minimum Gasteiger partial charge on any atom is -0.490 e. The van der Waals surface area contributed by atoms with Crippen LogP contribution in [0.2, 0.25) is 5.02 Å². The molecular formula is C20H19ClF2O3S. The highest BCUT2D eigenvalue weighted by Gasteiger charge is 2.60. The molecule has 0 aromatic heterocycles. The number of hydrogen-bond acceptors (Lipinski definition) is 3. The summed E-state index contributed by atoms with van der Waals surface area (Å²) in [5, 5.41) is 0.407. The van der Waals surface area contributed by atoms with Gasteiger partial charge in [0.25, 0.3) is 0 Å². The SMILES string of the molecule is C[C@@H]1CCC[C@@]2(S(=O)(=O)c3ccc(Cl)cc3)c3c(F)ccc(F)c3OCC12. The third-order valence-corrected chi connectivity index (χ3v) is 8.80. The smallest absolute Gasteiger partial charge is 0.188 e. The highest BCUT2D eigenvalue weighted by molar-refractivity contribution is 7.92. The van der Waals surface area contributed by atoms with Crippen molar-refractivity contribution in [1.82, 2.24) is 0 Å². The maximum atomic E-state index is 15.0. The van der Waals surface area contributed by atoms with Crippen LogP contribution < -0.4 is 4.74 Å². The summed E-state index contributed by atoms with van der Waals surface area (Å²) in [7, 11) is -4.03. The Kier molecular flexibility index (Phi) is 4.47. The summed E-state index contributed by atoms with van der Waals surface area (Å²) in [6.07, 6.45) is 1.65. The summed E-state index contributed by atoms with van der Waals surface area (Å²) in [6.45, 7) is 1.99. The van der Waals surface area contributed by atoms with E-state index in [1.165, 1.54) is 24.3 Å². The zero-order valence-electron chi connectivity index (χ0n) is 14.7. The lowest BCUT2D eigenvalue weighted by Gasteiger charge is -2.49. The Morgan fingerprint density at radius 3 is 2.48 bits per heavy atom. The van der Waals surface area contributed by atoms with Crippen LogP contribution in [0.1, 0.15) is 31.7 Å². The van der Waals surface area contributed by atoms with E-state index < -0.39 is 32.1 Å². The van der Waals surface area contributed by atoms with Gasteiger partial charge in [-0.05, 0) is 48.7 Å². The van der Waals surface area contributed by atoms with Gasteiger partial charge >= 0.3 is 0 Å². The Morgan fingerprint density at radius 1 is 1.11 bits per heavy atom. The van der Waals surface area contributed by atoms with Gasteiger partial charge in [0.15, 0.2) is 21.4 Å². The number of benzene rings is 2. The van der Waals surface area contributed by atoms with Crippen LogP contribution in [-0.2, 0) is 14.6 Å². The molecule has 2 aliphatic rings. The minimum atomic E-state index is -4.03. The Morgan fingerprint density at radius 2 is 1.78 bits per heavy atom. The van der Waals surface area contributed by atoms with Gasteiger partial charge in [0, 0.05) is 10.9 Å². The fourth-order valence-electron chi connectivity index (χ4n) is 4.68. The van der Waals surface area contributed by atoms with Gasteiger partial charge in [0.2, 0.25) is 0 Å². The van der Waals surface area contributed by atoms with E-state index in [-0.39, 0.29) is 35.2 Å². The van der Waals surface area contributed by atoms with Crippen molar-refractivity contribution in [3.05, 3.63) is 58.6 Å². The lowest BCUT2D eigenvalue weighted by molar-refractivity contribution is 0.0831. The van der Waals surface area contributed by atoms with Crippen LogP contribution in [0.5, 0.6) is 5.75 Å². The monoisotopic (exact) mass is 412 g/mol. The van der Waals surface area contributed by atoms with Crippen molar-refractivity contribution in [3.63, 3.8) is 0 Å². The van der Waals surface area contributed by atoms with Crippen molar-refractivity contribution in [1.29, 1.82) is 0 Å². The Balaban J connectivity index is 2.04. The topological polar surface area (TPSA) is 43.4 Å². The van der Waals surface area contributed by atoms with Crippen LogP contribution in [0, 0.1) is 23.5 Å². The van der Waals surface area contributed by atoms with Crippen molar-refractivity contribution >= 4 is 21.4 Å². The van der Waals surface area contributed by atoms with E-state index in [1.54, 1.807) is 0 Å². The summed E-state index contributed by atoms with van der Waals surface area (Å²) >= 11 is 5.91. The second-order valence-corrected chi connectivity index (χ2v) is 10.0. The van der Waals surface area contributed by atoms with Gasteiger partial charge < -0.3 is 4.74 Å². The van der Waals surface area contributed by atoms with E-state index in [9.17, 15) is 17.2 Å². The largest absolute Gasteiger partial charge is 0.490 e. The van der Waals surface area contributed by atoms with Gasteiger partial charge in [0.05, 0.1) is 17.1 Å². The van der Waals surface area contributed by atoms with Gasteiger partial charge in [-0.25, -0.2) is 17.2 Å². The fraction of sp³-hybridized carbons (Fsp3) is 0.400. The van der Waals surface area contributed by atoms with Crippen LogP contribution in [0.25, 0.3) is 0 Å². The summed E-state index contributed by atoms with van der Waals surface area (Å²) < 4.78 is 61.1. The molecule has 2 aromatic carbocycles. The molecule has 3 atom stereocenters. The highest BCUT2D eigenvalue weighted by Crippen LogP contribution is 2.57. The van der Waals surface area contributed by atoms with Gasteiger partial charge in [-0.2, -0.15) is 0 Å². The van der Waals surface area contributed by atoms with Gasteiger partial charge in [-0.1, -0.05) is 31.4 Å². The second-order valence-electron chi connectivity index (χ2n) is 7.37. The fourth-order valence-corrected chi connectivity index (χ4v) is 7.29. The molecule has 0 spiro atoms. The van der Waals surface area contributed by atoms with Crippen LogP contribution in [0.15, 0.2) is 41.3 Å². The Bertz CT molecular complexity index is 991. The molecule has 1 unspecified atom stereocenters. The van der Waals surface area contributed by atoms with Crippen LogP contribution in [0.4, 0.5) is 8.78 Å². The van der Waals surface area contributed by atoms with E-state index in [2.05, 4.69) is 0 Å². The molecule has 2 aromatic rings. The molecule has 144 valence electrons. The first-order valence-electron chi connectivity index (χ1n) is 8.90. The molecule has 4 rings (SSSR count). The van der Waals surface area contributed by atoms with Gasteiger partial charge in [-0.15, -0.1) is 0 Å². The Labute approximate surface area is 162 Å². The number of ether oxygens (including phenoxy) is 1. The zero-order chi connectivity index (χ0) is 19.4. The van der Waals surface area contributed by atoms with Crippen LogP contribution in [-0.4, -0.2) is 15.0 Å². The number of rotatable bonds is 2. The number of sulfone groups is 1. The first-order chi connectivity index (χ1) is 12.8. The molecule has 0 amide bonds. The summed E-state index contributed by atoms with van der Waals surface area (Å²) in [4.78, 5) is 0.0579. The first kappa shape index (κ1) is 18.7. The molecular weight excluding hydrogens is 394 g/mol. The molecule has 0 radical (unpaired) electrons. The van der Waals surface area contributed by atoms with E-state index >= 15 is 0 Å². The maximum Gasteiger partial charge on any atom is 0.188 e. The molecule has 7 heteroatoms. The number of hydrogen-bond donors (Lipinski definition) is 0. The summed E-state index contributed by atoms with van der Waals surface area (Å²) in [5.41, 5.74) is -0.166. The third kappa shape index (κ3) is 2.60. The predicted molar refractivity (Wildman–Crippen MR) is 98.7 cm³/mol. The lowest BCUT2D eigenvalue weighted by Crippen LogP contribution is -2.53. The number of halogens is 3. The molecule has 0 saturated heterocycles. The molecule has 1 fully saturated rings.